The SMILES string of the molecule is C=CCn1c(=NC(=O)c2ccc3c(c2)OCCO3)sc2ccc(Cl)c(Cl)c21. The fourth-order valence-electron chi connectivity index (χ4n) is 2.81. The summed E-state index contributed by atoms with van der Waals surface area (Å²) in [4.78, 5) is 17.6. The Hall–Kier alpha value is -2.28. The predicted molar refractivity (Wildman–Crippen MR) is 107 cm³/mol. The third-order valence-electron chi connectivity index (χ3n) is 4.03. The molecule has 138 valence electrons. The van der Waals surface area contributed by atoms with E-state index in [4.69, 9.17) is 32.7 Å². The van der Waals surface area contributed by atoms with E-state index in [0.717, 1.165) is 10.2 Å². The van der Waals surface area contributed by atoms with Crippen LogP contribution in [0.25, 0.3) is 10.2 Å². The molecule has 1 aliphatic heterocycles. The van der Waals surface area contributed by atoms with E-state index in [1.165, 1.54) is 11.3 Å². The van der Waals surface area contributed by atoms with Crippen molar-refractivity contribution in [2.24, 2.45) is 4.99 Å². The van der Waals surface area contributed by atoms with Gasteiger partial charge in [-0.15, -0.1) is 6.58 Å². The number of allylic oxidation sites excluding steroid dienone is 1. The van der Waals surface area contributed by atoms with E-state index in [1.54, 1.807) is 30.3 Å². The number of aromatic nitrogens is 1. The minimum atomic E-state index is -0.376. The fourth-order valence-corrected chi connectivity index (χ4v) is 4.34. The number of benzene rings is 2. The molecule has 8 heteroatoms. The zero-order chi connectivity index (χ0) is 19.0. The number of ether oxygens (including phenoxy) is 2. The number of carbonyl (C=O) groups excluding carboxylic acids is 1. The van der Waals surface area contributed by atoms with Crippen molar-refractivity contribution in [2.75, 3.05) is 13.2 Å². The molecule has 1 aliphatic rings. The van der Waals surface area contributed by atoms with Gasteiger partial charge in [0, 0.05) is 12.1 Å². The molecule has 0 saturated carbocycles. The molecule has 4 rings (SSSR count). The van der Waals surface area contributed by atoms with E-state index in [1.807, 2.05) is 10.6 Å². The van der Waals surface area contributed by atoms with Crippen LogP contribution in [0.15, 0.2) is 48.0 Å². The average Bonchev–Trinajstić information content (AvgIpc) is 3.02. The normalized spacial score (nSPS) is 13.8. The Morgan fingerprint density at radius 3 is 2.78 bits per heavy atom. The molecule has 0 unspecified atom stereocenters. The second-order valence-corrected chi connectivity index (χ2v) is 7.56. The van der Waals surface area contributed by atoms with Crippen molar-refractivity contribution in [1.29, 1.82) is 0 Å². The maximum absolute atomic E-state index is 12.7. The van der Waals surface area contributed by atoms with Crippen LogP contribution in [0, 0.1) is 0 Å². The molecule has 0 aliphatic carbocycles. The van der Waals surface area contributed by atoms with Crippen LogP contribution < -0.4 is 14.3 Å². The summed E-state index contributed by atoms with van der Waals surface area (Å²) in [6.07, 6.45) is 1.72. The first kappa shape index (κ1) is 18.1. The van der Waals surface area contributed by atoms with Crippen LogP contribution in [-0.4, -0.2) is 23.7 Å². The lowest BCUT2D eigenvalue weighted by Gasteiger charge is -2.18. The first-order valence-electron chi connectivity index (χ1n) is 8.15. The van der Waals surface area contributed by atoms with E-state index in [2.05, 4.69) is 11.6 Å². The quantitative estimate of drug-likeness (QED) is 0.576. The van der Waals surface area contributed by atoms with Gasteiger partial charge in [0.05, 0.1) is 20.3 Å². The number of thiazole rings is 1. The Labute approximate surface area is 169 Å². The largest absolute Gasteiger partial charge is 0.486 e. The van der Waals surface area contributed by atoms with E-state index in [-0.39, 0.29) is 5.91 Å². The van der Waals surface area contributed by atoms with Crippen molar-refractivity contribution < 1.29 is 14.3 Å². The molecule has 3 aromatic rings. The van der Waals surface area contributed by atoms with E-state index in [0.29, 0.717) is 51.7 Å². The minimum absolute atomic E-state index is 0.376. The van der Waals surface area contributed by atoms with Gasteiger partial charge >= 0.3 is 0 Å². The summed E-state index contributed by atoms with van der Waals surface area (Å²) >= 11 is 13.9. The molecule has 5 nitrogen and oxygen atoms in total. The summed E-state index contributed by atoms with van der Waals surface area (Å²) in [6, 6.07) is 8.63. The lowest BCUT2D eigenvalue weighted by molar-refractivity contribution is 0.0996. The number of amides is 1. The number of nitrogens with zero attached hydrogens (tertiary/aromatic N) is 2. The summed E-state index contributed by atoms with van der Waals surface area (Å²) in [5.74, 6) is 0.800. The highest BCUT2D eigenvalue weighted by Crippen LogP contribution is 2.33. The molecule has 1 amide bonds. The molecular formula is C19H14Cl2N2O3S. The number of fused-ring (bicyclic) bond motifs is 2. The summed E-state index contributed by atoms with van der Waals surface area (Å²) in [5.41, 5.74) is 1.16. The first-order valence-corrected chi connectivity index (χ1v) is 9.72. The molecule has 0 radical (unpaired) electrons. The fraction of sp³-hybridized carbons (Fsp3) is 0.158. The van der Waals surface area contributed by atoms with Gasteiger partial charge in [-0.25, -0.2) is 0 Å². The highest BCUT2D eigenvalue weighted by molar-refractivity contribution is 7.16. The predicted octanol–water partition coefficient (Wildman–Crippen LogP) is 4.71. The lowest BCUT2D eigenvalue weighted by Crippen LogP contribution is -2.17. The summed E-state index contributed by atoms with van der Waals surface area (Å²) in [6.45, 7) is 5.18. The van der Waals surface area contributed by atoms with Crippen molar-refractivity contribution in [3.8, 4) is 11.5 Å². The second kappa shape index (κ2) is 7.38. The maximum atomic E-state index is 12.7. The molecule has 0 fully saturated rings. The van der Waals surface area contributed by atoms with Crippen molar-refractivity contribution in [3.05, 3.63) is 63.4 Å². The molecule has 2 heterocycles. The third kappa shape index (κ3) is 3.36. The third-order valence-corrected chi connectivity index (χ3v) is 5.87. The Balaban J connectivity index is 1.82. The molecule has 1 aromatic heterocycles. The van der Waals surface area contributed by atoms with Gasteiger partial charge in [-0.05, 0) is 30.3 Å². The van der Waals surface area contributed by atoms with Crippen LogP contribution in [0.4, 0.5) is 0 Å². The van der Waals surface area contributed by atoms with Crippen molar-refractivity contribution >= 4 is 50.7 Å². The van der Waals surface area contributed by atoms with Crippen LogP contribution in [0.2, 0.25) is 10.0 Å². The molecule has 0 bridgehead atoms. The number of halogens is 2. The molecule has 0 atom stereocenters. The topological polar surface area (TPSA) is 52.8 Å². The molecule has 0 saturated heterocycles. The van der Waals surface area contributed by atoms with Crippen molar-refractivity contribution in [2.45, 2.75) is 6.54 Å². The van der Waals surface area contributed by atoms with Crippen LogP contribution in [0.5, 0.6) is 11.5 Å². The molecule has 0 spiro atoms. The second-order valence-electron chi connectivity index (χ2n) is 5.77. The van der Waals surface area contributed by atoms with Gasteiger partial charge in [-0.2, -0.15) is 4.99 Å². The van der Waals surface area contributed by atoms with Crippen LogP contribution in [0.3, 0.4) is 0 Å². The Morgan fingerprint density at radius 1 is 1.22 bits per heavy atom. The summed E-state index contributed by atoms with van der Waals surface area (Å²) < 4.78 is 13.7. The van der Waals surface area contributed by atoms with Gasteiger partial charge in [0.2, 0.25) is 0 Å². The Kier molecular flexibility index (Phi) is 4.95. The van der Waals surface area contributed by atoms with Crippen LogP contribution in [0.1, 0.15) is 10.4 Å². The van der Waals surface area contributed by atoms with Gasteiger partial charge in [0.15, 0.2) is 16.3 Å². The van der Waals surface area contributed by atoms with Crippen LogP contribution >= 0.6 is 34.5 Å². The van der Waals surface area contributed by atoms with Gasteiger partial charge in [0.1, 0.15) is 13.2 Å². The Morgan fingerprint density at radius 2 is 2.00 bits per heavy atom. The van der Waals surface area contributed by atoms with E-state index < -0.39 is 0 Å². The average molecular weight is 421 g/mol. The van der Waals surface area contributed by atoms with Gasteiger partial charge in [-0.3, -0.25) is 4.79 Å². The molecule has 2 aromatic carbocycles. The first-order chi connectivity index (χ1) is 13.1. The molecular weight excluding hydrogens is 407 g/mol. The standard InChI is InChI=1S/C19H14Cl2N2O3S/c1-2-7-23-17-15(6-4-12(20)16(17)21)27-19(23)22-18(24)11-3-5-13-14(10-11)26-9-8-25-13/h2-6,10H,1,7-9H2. The number of hydrogen-bond donors (Lipinski definition) is 0. The van der Waals surface area contributed by atoms with E-state index in [9.17, 15) is 4.79 Å². The van der Waals surface area contributed by atoms with Gasteiger partial charge in [0.25, 0.3) is 5.91 Å². The molecule has 0 N–H and O–H groups in total. The zero-order valence-electron chi connectivity index (χ0n) is 14.1. The number of hydrogen-bond acceptors (Lipinski definition) is 4. The van der Waals surface area contributed by atoms with Crippen molar-refractivity contribution in [3.63, 3.8) is 0 Å². The zero-order valence-corrected chi connectivity index (χ0v) is 16.4. The van der Waals surface area contributed by atoms with E-state index >= 15 is 0 Å². The van der Waals surface area contributed by atoms with Gasteiger partial charge < -0.3 is 14.0 Å². The lowest BCUT2D eigenvalue weighted by atomic mass is 10.2. The Bertz CT molecular complexity index is 1130. The number of carbonyl (C=O) groups is 1. The van der Waals surface area contributed by atoms with Crippen molar-refractivity contribution in [1.82, 2.24) is 4.57 Å². The number of rotatable bonds is 3. The highest BCUT2D eigenvalue weighted by atomic mass is 35.5. The monoisotopic (exact) mass is 420 g/mol. The van der Waals surface area contributed by atoms with Gasteiger partial charge in [-0.1, -0.05) is 40.6 Å². The smallest absolute Gasteiger partial charge is 0.279 e. The molecule has 27 heavy (non-hydrogen) atoms. The van der Waals surface area contributed by atoms with Crippen LogP contribution in [-0.2, 0) is 6.54 Å². The summed E-state index contributed by atoms with van der Waals surface area (Å²) in [7, 11) is 0. The minimum Gasteiger partial charge on any atom is -0.486 e. The summed E-state index contributed by atoms with van der Waals surface area (Å²) in [5, 5.41) is 0.880. The highest BCUT2D eigenvalue weighted by Gasteiger charge is 2.16. The maximum Gasteiger partial charge on any atom is 0.279 e.